The van der Waals surface area contributed by atoms with Crippen molar-refractivity contribution in [3.63, 3.8) is 0 Å². The first-order valence-corrected chi connectivity index (χ1v) is 13.2. The van der Waals surface area contributed by atoms with E-state index in [0.29, 0.717) is 41.3 Å². The second-order valence-corrected chi connectivity index (χ2v) is 12.5. The highest BCUT2D eigenvalue weighted by molar-refractivity contribution is 5.78. The number of rotatable bonds is 7. The van der Waals surface area contributed by atoms with Gasteiger partial charge in [-0.2, -0.15) is 0 Å². The Kier molecular flexibility index (Phi) is 6.56. The molecule has 0 amide bonds. The Labute approximate surface area is 206 Å². The molecule has 0 spiro atoms. The lowest BCUT2D eigenvalue weighted by molar-refractivity contribution is -0.136. The summed E-state index contributed by atoms with van der Waals surface area (Å²) in [5, 5.41) is 2.96. The molecule has 0 aromatic heterocycles. The third-order valence-corrected chi connectivity index (χ3v) is 9.74. The van der Waals surface area contributed by atoms with Gasteiger partial charge in [-0.25, -0.2) is 4.79 Å². The number of esters is 1. The minimum atomic E-state index is -0.648. The average Bonchev–Trinajstić information content (AvgIpc) is 3.04. The lowest BCUT2D eigenvalue weighted by atomic mass is 9.43. The zero-order valence-electron chi connectivity index (χ0n) is 21.9. The van der Waals surface area contributed by atoms with Crippen molar-refractivity contribution in [2.24, 2.45) is 34.1 Å². The van der Waals surface area contributed by atoms with E-state index in [1.807, 2.05) is 0 Å². The van der Waals surface area contributed by atoms with Crippen LogP contribution in [-0.4, -0.2) is 18.6 Å². The third-order valence-electron chi connectivity index (χ3n) is 9.74. The van der Waals surface area contributed by atoms with Gasteiger partial charge in [0.1, 0.15) is 11.8 Å². The molecule has 34 heavy (non-hydrogen) atoms. The zero-order chi connectivity index (χ0) is 24.9. The Morgan fingerprint density at radius 1 is 1.21 bits per heavy atom. The molecule has 2 saturated carbocycles. The van der Waals surface area contributed by atoms with Crippen LogP contribution in [0.1, 0.15) is 89.3 Å². The van der Waals surface area contributed by atoms with Crippen molar-refractivity contribution >= 4 is 5.97 Å². The molecular formula is C29H45N3O2. The number of carbonyl (C=O) groups is 1. The predicted octanol–water partition coefficient (Wildman–Crippen LogP) is 5.08. The van der Waals surface area contributed by atoms with Gasteiger partial charge in [0.25, 0.3) is 0 Å². The van der Waals surface area contributed by atoms with Gasteiger partial charge in [-0.1, -0.05) is 40.7 Å². The number of ether oxygens (including phenoxy) is 1. The monoisotopic (exact) mass is 467 g/mol. The minimum absolute atomic E-state index is 0.205. The number of aryl methyl sites for hydroxylation is 1. The average molecular weight is 468 g/mol. The summed E-state index contributed by atoms with van der Waals surface area (Å²) >= 11 is 0. The first kappa shape index (κ1) is 25.1. The maximum absolute atomic E-state index is 12.7. The summed E-state index contributed by atoms with van der Waals surface area (Å²) in [6.07, 6.45) is 8.93. The number of nitrogens with one attached hydrogen (secondary N) is 1. The van der Waals surface area contributed by atoms with Crippen LogP contribution in [0.3, 0.4) is 0 Å². The number of benzene rings is 1. The second-order valence-electron chi connectivity index (χ2n) is 12.5. The molecule has 3 aliphatic carbocycles. The molecule has 2 fully saturated rings. The molecular weight excluding hydrogens is 422 g/mol. The molecule has 0 saturated heterocycles. The Morgan fingerprint density at radius 2 is 1.94 bits per heavy atom. The minimum Gasteiger partial charge on any atom is -0.425 e. The number of hydrogen-bond acceptors (Lipinski definition) is 5. The Morgan fingerprint density at radius 3 is 2.65 bits per heavy atom. The SMILES string of the molecule is C=C(N)NCCCC(N)C(=O)Oc1cc(C)c2c(c1)C[C@H]1[C@@]3(C)CCCC(C)(C)[C@@H]3CC[C@]21C. The molecule has 0 heterocycles. The topological polar surface area (TPSA) is 90.4 Å². The third kappa shape index (κ3) is 4.25. The van der Waals surface area contributed by atoms with Gasteiger partial charge in [0.05, 0.1) is 5.82 Å². The number of fused-ring (bicyclic) bond motifs is 5. The molecule has 5 atom stereocenters. The van der Waals surface area contributed by atoms with Crippen molar-refractivity contribution in [2.75, 3.05) is 6.54 Å². The Bertz CT molecular complexity index is 970. The van der Waals surface area contributed by atoms with Gasteiger partial charge in [-0.05, 0) is 109 Å². The standard InChI is InChI=1S/C29H45N3O2/c1-18-15-21(34-26(33)22(31)9-7-14-32-19(2)30)16-20-17-24-28(5)12-8-11-27(3,4)23(28)10-13-29(24,6)25(18)20/h15-16,22-24,32H,2,7-14,17,30-31H2,1,3-6H3/t22?,23-,24-,28-,29-/m0/s1. The van der Waals surface area contributed by atoms with Gasteiger partial charge < -0.3 is 21.5 Å². The Balaban J connectivity index is 1.51. The normalized spacial score (nSPS) is 32.2. The molecule has 0 bridgehead atoms. The van der Waals surface area contributed by atoms with Crippen molar-refractivity contribution < 1.29 is 9.53 Å². The van der Waals surface area contributed by atoms with Crippen molar-refractivity contribution in [3.8, 4) is 5.75 Å². The maximum atomic E-state index is 12.7. The van der Waals surface area contributed by atoms with Crippen LogP contribution in [-0.2, 0) is 16.6 Å². The fraction of sp³-hybridized carbons (Fsp3) is 0.690. The van der Waals surface area contributed by atoms with E-state index >= 15 is 0 Å². The van der Waals surface area contributed by atoms with Gasteiger partial charge in [-0.15, -0.1) is 0 Å². The molecule has 0 radical (unpaired) electrons. The molecule has 5 nitrogen and oxygen atoms in total. The van der Waals surface area contributed by atoms with Crippen LogP contribution in [0.15, 0.2) is 24.5 Å². The lowest BCUT2D eigenvalue weighted by Crippen LogP contribution is -2.55. The van der Waals surface area contributed by atoms with Crippen molar-refractivity contribution in [1.82, 2.24) is 5.32 Å². The van der Waals surface area contributed by atoms with E-state index in [0.717, 1.165) is 18.8 Å². The van der Waals surface area contributed by atoms with E-state index in [-0.39, 0.29) is 11.4 Å². The summed E-state index contributed by atoms with van der Waals surface area (Å²) in [7, 11) is 0. The number of carbonyl (C=O) groups excluding carboxylic acids is 1. The summed E-state index contributed by atoms with van der Waals surface area (Å²) in [6.45, 7) is 16.5. The summed E-state index contributed by atoms with van der Waals surface area (Å²) in [4.78, 5) is 12.7. The van der Waals surface area contributed by atoms with E-state index in [1.54, 1.807) is 0 Å². The van der Waals surface area contributed by atoms with Crippen LogP contribution < -0.4 is 21.5 Å². The maximum Gasteiger partial charge on any atom is 0.328 e. The van der Waals surface area contributed by atoms with Gasteiger partial charge >= 0.3 is 5.97 Å². The molecule has 1 aromatic rings. The lowest BCUT2D eigenvalue weighted by Gasteiger charge is -2.61. The molecule has 1 aromatic carbocycles. The molecule has 5 N–H and O–H groups in total. The van der Waals surface area contributed by atoms with Crippen LogP contribution in [0.4, 0.5) is 0 Å². The fourth-order valence-electron chi connectivity index (χ4n) is 8.37. The zero-order valence-corrected chi connectivity index (χ0v) is 21.9. The second kappa shape index (κ2) is 8.89. The van der Waals surface area contributed by atoms with Crippen molar-refractivity contribution in [1.29, 1.82) is 0 Å². The van der Waals surface area contributed by atoms with Crippen molar-refractivity contribution in [2.45, 2.75) is 97.4 Å². The van der Waals surface area contributed by atoms with Crippen LogP contribution in [0.25, 0.3) is 0 Å². The molecule has 3 aliphatic rings. The van der Waals surface area contributed by atoms with E-state index in [2.05, 4.69) is 58.6 Å². The van der Waals surface area contributed by atoms with Crippen LogP contribution in [0, 0.1) is 29.6 Å². The highest BCUT2D eigenvalue weighted by atomic mass is 16.5. The van der Waals surface area contributed by atoms with Crippen LogP contribution in [0.5, 0.6) is 5.75 Å². The number of hydrogen-bond donors (Lipinski definition) is 3. The summed E-state index contributed by atoms with van der Waals surface area (Å²) < 4.78 is 5.79. The van der Waals surface area contributed by atoms with Gasteiger partial charge in [0.2, 0.25) is 0 Å². The van der Waals surface area contributed by atoms with Gasteiger partial charge in [0.15, 0.2) is 0 Å². The van der Waals surface area contributed by atoms with Crippen molar-refractivity contribution in [3.05, 3.63) is 41.2 Å². The van der Waals surface area contributed by atoms with E-state index in [9.17, 15) is 4.79 Å². The summed E-state index contributed by atoms with van der Waals surface area (Å²) in [5.74, 6) is 2.12. The van der Waals surface area contributed by atoms with E-state index in [4.69, 9.17) is 16.2 Å². The molecule has 188 valence electrons. The fourth-order valence-corrected chi connectivity index (χ4v) is 8.37. The number of nitrogens with two attached hydrogens (primary N) is 2. The molecule has 1 unspecified atom stereocenters. The summed E-state index contributed by atoms with van der Waals surface area (Å²) in [5.41, 5.74) is 16.7. The van der Waals surface area contributed by atoms with E-state index < -0.39 is 6.04 Å². The smallest absolute Gasteiger partial charge is 0.328 e. The van der Waals surface area contributed by atoms with Crippen LogP contribution >= 0.6 is 0 Å². The van der Waals surface area contributed by atoms with E-state index in [1.165, 1.54) is 48.8 Å². The molecule has 4 rings (SSSR count). The molecule has 0 aliphatic heterocycles. The Hall–Kier alpha value is -2.01. The predicted molar refractivity (Wildman–Crippen MR) is 138 cm³/mol. The highest BCUT2D eigenvalue weighted by Crippen LogP contribution is 2.67. The highest BCUT2D eigenvalue weighted by Gasteiger charge is 2.61. The summed E-state index contributed by atoms with van der Waals surface area (Å²) in [6, 6.07) is 3.53. The largest absolute Gasteiger partial charge is 0.425 e. The first-order valence-electron chi connectivity index (χ1n) is 13.2. The van der Waals surface area contributed by atoms with Gasteiger partial charge in [-0.3, -0.25) is 0 Å². The van der Waals surface area contributed by atoms with Gasteiger partial charge in [0, 0.05) is 6.54 Å². The molecule has 5 heteroatoms. The first-order chi connectivity index (χ1) is 15.9. The van der Waals surface area contributed by atoms with Crippen LogP contribution in [0.2, 0.25) is 0 Å². The quantitative estimate of drug-likeness (QED) is 0.295.